The number of nitrogens with zero attached hydrogens (tertiary/aromatic N) is 1. The van der Waals surface area contributed by atoms with Crippen molar-refractivity contribution < 1.29 is 13.2 Å². The number of benzene rings is 2. The Bertz CT molecular complexity index is 936. The molecule has 0 bridgehead atoms. The molecule has 2 aromatic carbocycles. The lowest BCUT2D eigenvalue weighted by atomic mass is 10.1. The fourth-order valence-electron chi connectivity index (χ4n) is 2.94. The number of nitrogens with two attached hydrogens (primary N) is 1. The smallest absolute Gasteiger partial charge is 0.244 e. The van der Waals surface area contributed by atoms with E-state index in [0.717, 1.165) is 9.87 Å². The number of sulfonamides is 1. The van der Waals surface area contributed by atoms with Crippen LogP contribution < -0.4 is 5.73 Å². The van der Waals surface area contributed by atoms with Crippen molar-refractivity contribution >= 4 is 39.1 Å². The third-order valence-electron chi connectivity index (χ3n) is 3.88. The molecule has 0 aromatic heterocycles. The van der Waals surface area contributed by atoms with E-state index >= 15 is 0 Å². The van der Waals surface area contributed by atoms with Crippen LogP contribution in [0.15, 0.2) is 35.2 Å². The first kappa shape index (κ1) is 20.7. The number of carbonyl (C=O) groups excluding carboxylic acids is 1. The van der Waals surface area contributed by atoms with Crippen LogP contribution in [0.2, 0.25) is 10.0 Å². The first-order valence-electron chi connectivity index (χ1n) is 7.82. The van der Waals surface area contributed by atoms with Crippen LogP contribution in [0.3, 0.4) is 0 Å². The predicted molar refractivity (Wildman–Crippen MR) is 104 cm³/mol. The highest BCUT2D eigenvalue weighted by Crippen LogP contribution is 2.28. The van der Waals surface area contributed by atoms with Gasteiger partial charge >= 0.3 is 0 Å². The molecule has 1 amide bonds. The molecule has 140 valence electrons. The fourth-order valence-corrected chi connectivity index (χ4v) is 5.07. The van der Waals surface area contributed by atoms with Gasteiger partial charge in [0.15, 0.2) is 0 Å². The Morgan fingerprint density at radius 3 is 2.12 bits per heavy atom. The lowest BCUT2D eigenvalue weighted by molar-refractivity contribution is -0.118. The number of hydrogen-bond donors (Lipinski definition) is 1. The maximum Gasteiger partial charge on any atom is 0.244 e. The summed E-state index contributed by atoms with van der Waals surface area (Å²) in [7, 11) is -3.94. The van der Waals surface area contributed by atoms with Crippen LogP contribution >= 0.6 is 23.2 Å². The minimum absolute atomic E-state index is 0.0467. The molecule has 0 aliphatic carbocycles. The van der Waals surface area contributed by atoms with Gasteiger partial charge in [-0.05, 0) is 49.6 Å². The van der Waals surface area contributed by atoms with Gasteiger partial charge in [-0.2, -0.15) is 4.31 Å². The van der Waals surface area contributed by atoms with Crippen molar-refractivity contribution in [1.29, 1.82) is 0 Å². The topological polar surface area (TPSA) is 80.5 Å². The zero-order valence-corrected chi connectivity index (χ0v) is 17.0. The molecule has 0 heterocycles. The molecule has 0 fully saturated rings. The van der Waals surface area contributed by atoms with Gasteiger partial charge in [0.05, 0.1) is 21.5 Å². The van der Waals surface area contributed by atoms with E-state index in [1.165, 1.54) is 0 Å². The SMILES string of the molecule is Cc1cc(C)c(S(=O)(=O)N(CC(N)=O)Cc2ccc(Cl)c(Cl)c2)c(C)c1. The molecule has 0 aliphatic rings. The maximum absolute atomic E-state index is 13.2. The number of rotatable bonds is 6. The van der Waals surface area contributed by atoms with E-state index < -0.39 is 22.5 Å². The summed E-state index contributed by atoms with van der Waals surface area (Å²) in [6.07, 6.45) is 0. The van der Waals surface area contributed by atoms with Gasteiger partial charge in [-0.15, -0.1) is 0 Å². The number of halogens is 2. The van der Waals surface area contributed by atoms with Gasteiger partial charge in [0.1, 0.15) is 0 Å². The zero-order valence-electron chi connectivity index (χ0n) is 14.7. The molecule has 8 heteroatoms. The summed E-state index contributed by atoms with van der Waals surface area (Å²) in [6.45, 7) is 4.88. The quantitative estimate of drug-likeness (QED) is 0.783. The van der Waals surface area contributed by atoms with Crippen LogP contribution in [0.5, 0.6) is 0 Å². The van der Waals surface area contributed by atoms with E-state index in [2.05, 4.69) is 0 Å². The number of amides is 1. The van der Waals surface area contributed by atoms with Gasteiger partial charge < -0.3 is 5.73 Å². The van der Waals surface area contributed by atoms with Crippen LogP contribution in [0, 0.1) is 20.8 Å². The van der Waals surface area contributed by atoms with Gasteiger partial charge in [0, 0.05) is 6.54 Å². The Kier molecular flexibility index (Phi) is 6.34. The molecule has 26 heavy (non-hydrogen) atoms. The first-order valence-corrected chi connectivity index (χ1v) is 10.0. The van der Waals surface area contributed by atoms with E-state index in [9.17, 15) is 13.2 Å². The molecule has 0 spiro atoms. The van der Waals surface area contributed by atoms with E-state index in [1.54, 1.807) is 44.2 Å². The molecule has 0 atom stereocenters. The largest absolute Gasteiger partial charge is 0.369 e. The molecular weight excluding hydrogens is 395 g/mol. The summed E-state index contributed by atoms with van der Waals surface area (Å²) >= 11 is 11.9. The van der Waals surface area contributed by atoms with Gasteiger partial charge in [-0.25, -0.2) is 8.42 Å². The van der Waals surface area contributed by atoms with Gasteiger partial charge in [-0.3, -0.25) is 4.79 Å². The molecule has 0 saturated heterocycles. The van der Waals surface area contributed by atoms with Crippen molar-refractivity contribution in [3.8, 4) is 0 Å². The van der Waals surface area contributed by atoms with Crippen molar-refractivity contribution in [2.45, 2.75) is 32.2 Å². The number of hydrogen-bond acceptors (Lipinski definition) is 3. The van der Waals surface area contributed by atoms with Gasteiger partial charge in [0.25, 0.3) is 0 Å². The van der Waals surface area contributed by atoms with Crippen molar-refractivity contribution in [3.05, 3.63) is 62.6 Å². The first-order chi connectivity index (χ1) is 12.0. The average molecular weight is 415 g/mol. The van der Waals surface area contributed by atoms with Crippen molar-refractivity contribution in [2.24, 2.45) is 5.73 Å². The molecule has 5 nitrogen and oxygen atoms in total. The summed E-state index contributed by atoms with van der Waals surface area (Å²) in [6, 6.07) is 8.40. The standard InChI is InChI=1S/C18H20Cl2N2O3S/c1-11-6-12(2)18(13(3)7-11)26(24,25)22(10-17(21)23)9-14-4-5-15(19)16(20)8-14/h4-8H,9-10H2,1-3H3,(H2,21,23). The second-order valence-corrected chi connectivity index (χ2v) is 8.90. The number of carbonyl (C=O) groups is 1. The van der Waals surface area contributed by atoms with Crippen molar-refractivity contribution in [3.63, 3.8) is 0 Å². The van der Waals surface area contributed by atoms with Crippen LogP contribution in [0.1, 0.15) is 22.3 Å². The lowest BCUT2D eigenvalue weighted by Crippen LogP contribution is -2.38. The number of aryl methyl sites for hydroxylation is 3. The Morgan fingerprint density at radius 2 is 1.62 bits per heavy atom. The Balaban J connectivity index is 2.51. The second-order valence-electron chi connectivity index (χ2n) is 6.22. The summed E-state index contributed by atoms with van der Waals surface area (Å²) in [5.41, 5.74) is 8.08. The second kappa shape index (κ2) is 7.96. The molecule has 2 aromatic rings. The molecule has 0 aliphatic heterocycles. The molecule has 0 radical (unpaired) electrons. The van der Waals surface area contributed by atoms with Crippen LogP contribution in [0.4, 0.5) is 0 Å². The minimum Gasteiger partial charge on any atom is -0.369 e. The van der Waals surface area contributed by atoms with Gasteiger partial charge in [-0.1, -0.05) is 47.0 Å². The highest BCUT2D eigenvalue weighted by atomic mass is 35.5. The van der Waals surface area contributed by atoms with E-state index in [4.69, 9.17) is 28.9 Å². The summed E-state index contributed by atoms with van der Waals surface area (Å²) < 4.78 is 27.5. The lowest BCUT2D eigenvalue weighted by Gasteiger charge is -2.23. The molecule has 2 rings (SSSR count). The van der Waals surface area contributed by atoms with Crippen LogP contribution in [-0.2, 0) is 21.4 Å². The summed E-state index contributed by atoms with van der Waals surface area (Å²) in [5, 5.41) is 0.674. The highest BCUT2D eigenvalue weighted by Gasteiger charge is 2.29. The molecule has 0 unspecified atom stereocenters. The highest BCUT2D eigenvalue weighted by molar-refractivity contribution is 7.89. The van der Waals surface area contributed by atoms with Crippen molar-refractivity contribution in [2.75, 3.05) is 6.54 Å². The third-order valence-corrected chi connectivity index (χ3v) is 6.71. The summed E-state index contributed by atoms with van der Waals surface area (Å²) in [5.74, 6) is -0.740. The summed E-state index contributed by atoms with van der Waals surface area (Å²) in [4.78, 5) is 11.7. The Morgan fingerprint density at radius 1 is 1.04 bits per heavy atom. The maximum atomic E-state index is 13.2. The zero-order chi connectivity index (χ0) is 19.6. The molecular formula is C18H20Cl2N2O3S. The van der Waals surface area contributed by atoms with Gasteiger partial charge in [0.2, 0.25) is 15.9 Å². The average Bonchev–Trinajstić information content (AvgIpc) is 2.48. The Hall–Kier alpha value is -1.60. The normalized spacial score (nSPS) is 11.8. The number of primary amides is 1. The Labute approximate surface area is 163 Å². The minimum atomic E-state index is -3.94. The van der Waals surface area contributed by atoms with Crippen LogP contribution in [-0.4, -0.2) is 25.2 Å². The molecule has 0 saturated carbocycles. The molecule has 2 N–H and O–H groups in total. The third kappa shape index (κ3) is 4.57. The monoisotopic (exact) mass is 414 g/mol. The fraction of sp³-hybridized carbons (Fsp3) is 0.278. The van der Waals surface area contributed by atoms with Crippen molar-refractivity contribution in [1.82, 2.24) is 4.31 Å². The van der Waals surface area contributed by atoms with E-state index in [0.29, 0.717) is 26.7 Å². The van der Waals surface area contributed by atoms with E-state index in [1.807, 2.05) is 6.92 Å². The predicted octanol–water partition coefficient (Wildman–Crippen LogP) is 3.59. The van der Waals surface area contributed by atoms with E-state index in [-0.39, 0.29) is 11.4 Å². The van der Waals surface area contributed by atoms with Crippen LogP contribution in [0.25, 0.3) is 0 Å².